The van der Waals surface area contributed by atoms with Crippen LogP contribution in [0.1, 0.15) is 12.7 Å². The molecule has 1 aromatic heterocycles. The summed E-state index contributed by atoms with van der Waals surface area (Å²) in [5, 5.41) is 9.00. The molecule has 0 aliphatic carbocycles. The topological polar surface area (TPSA) is 73.6 Å². The number of benzene rings is 1. The number of aromatic nitrogens is 2. The second kappa shape index (κ2) is 4.46. The zero-order valence-corrected chi connectivity index (χ0v) is 10.5. The van der Waals surface area contributed by atoms with E-state index < -0.39 is 5.97 Å². The predicted octanol–water partition coefficient (Wildman–Crippen LogP) is 1.45. The molecular weight excluding hydrogens is 248 g/mol. The molecule has 0 atom stereocenters. The maximum absolute atomic E-state index is 11.0. The van der Waals surface area contributed by atoms with Crippen molar-refractivity contribution in [1.82, 2.24) is 9.55 Å². The van der Waals surface area contributed by atoms with Crippen LogP contribution in [0.4, 0.5) is 0 Å². The van der Waals surface area contributed by atoms with Gasteiger partial charge in [0, 0.05) is 18.6 Å². The quantitative estimate of drug-likeness (QED) is 0.906. The summed E-state index contributed by atoms with van der Waals surface area (Å²) in [5.41, 5.74) is 1.51. The van der Waals surface area contributed by atoms with E-state index in [0.29, 0.717) is 31.1 Å². The van der Waals surface area contributed by atoms with Crippen molar-refractivity contribution >= 4 is 17.0 Å². The monoisotopic (exact) mass is 262 g/mol. The number of carboxylic acids is 1. The molecule has 2 aromatic rings. The molecule has 19 heavy (non-hydrogen) atoms. The number of imidazole rings is 1. The molecule has 100 valence electrons. The number of aryl methyl sites for hydroxylation is 1. The molecule has 0 bridgehead atoms. The number of rotatable bonds is 3. The van der Waals surface area contributed by atoms with Crippen molar-refractivity contribution in [3.8, 4) is 11.5 Å². The van der Waals surface area contributed by atoms with Gasteiger partial charge < -0.3 is 19.1 Å². The summed E-state index contributed by atoms with van der Waals surface area (Å²) < 4.78 is 12.7. The summed E-state index contributed by atoms with van der Waals surface area (Å²) in [6.45, 7) is 2.88. The Labute approximate surface area is 109 Å². The van der Waals surface area contributed by atoms with E-state index in [1.807, 2.05) is 6.92 Å². The normalized spacial score (nSPS) is 13.7. The van der Waals surface area contributed by atoms with Crippen LogP contribution in [0.15, 0.2) is 12.1 Å². The van der Waals surface area contributed by atoms with Crippen LogP contribution in [0.3, 0.4) is 0 Å². The van der Waals surface area contributed by atoms with E-state index in [0.717, 1.165) is 16.9 Å². The zero-order chi connectivity index (χ0) is 13.4. The lowest BCUT2D eigenvalue weighted by molar-refractivity contribution is -0.137. The van der Waals surface area contributed by atoms with Gasteiger partial charge in [0.25, 0.3) is 0 Å². The Morgan fingerprint density at radius 1 is 1.37 bits per heavy atom. The molecule has 6 heteroatoms. The highest BCUT2D eigenvalue weighted by atomic mass is 16.6. The van der Waals surface area contributed by atoms with Crippen molar-refractivity contribution < 1.29 is 19.4 Å². The van der Waals surface area contributed by atoms with E-state index in [2.05, 4.69) is 4.98 Å². The van der Waals surface area contributed by atoms with E-state index in [9.17, 15) is 4.79 Å². The molecule has 6 nitrogen and oxygen atoms in total. The Balaban J connectivity index is 2.19. The molecule has 0 amide bonds. The maximum atomic E-state index is 11.0. The molecule has 0 fully saturated rings. The van der Waals surface area contributed by atoms with Crippen LogP contribution in [-0.4, -0.2) is 33.8 Å². The standard InChI is InChI=1S/C13H14N2O4/c1-2-12-14-8-5-10-11(19-4-3-18-10)6-9(8)15(12)7-13(16)17/h5-6H,2-4,7H2,1H3,(H,16,17). The minimum atomic E-state index is -0.885. The minimum Gasteiger partial charge on any atom is -0.486 e. The summed E-state index contributed by atoms with van der Waals surface area (Å²) in [7, 11) is 0. The molecule has 1 aliphatic heterocycles. The molecule has 0 unspecified atom stereocenters. The molecule has 1 aliphatic rings. The van der Waals surface area contributed by atoms with Crippen LogP contribution in [0.5, 0.6) is 11.5 Å². The third-order valence-corrected chi connectivity index (χ3v) is 3.10. The van der Waals surface area contributed by atoms with E-state index in [1.165, 1.54) is 0 Å². The average Bonchev–Trinajstić information content (AvgIpc) is 2.73. The van der Waals surface area contributed by atoms with Crippen molar-refractivity contribution in [3.63, 3.8) is 0 Å². The van der Waals surface area contributed by atoms with Gasteiger partial charge in [0.1, 0.15) is 25.6 Å². The fraction of sp³-hybridized carbons (Fsp3) is 0.385. The second-order valence-electron chi connectivity index (χ2n) is 4.35. The van der Waals surface area contributed by atoms with Crippen LogP contribution in [0.25, 0.3) is 11.0 Å². The SMILES string of the molecule is CCc1nc2cc3c(cc2n1CC(=O)O)OCCO3. The highest BCUT2D eigenvalue weighted by Crippen LogP contribution is 2.34. The Hall–Kier alpha value is -2.24. The van der Waals surface area contributed by atoms with Crippen molar-refractivity contribution in [2.45, 2.75) is 19.9 Å². The van der Waals surface area contributed by atoms with Gasteiger partial charge in [-0.15, -0.1) is 0 Å². The first kappa shape index (κ1) is 11.8. The van der Waals surface area contributed by atoms with Crippen molar-refractivity contribution in [2.24, 2.45) is 0 Å². The molecule has 2 heterocycles. The van der Waals surface area contributed by atoms with Gasteiger partial charge in [0.05, 0.1) is 11.0 Å². The van der Waals surface area contributed by atoms with Crippen molar-refractivity contribution in [1.29, 1.82) is 0 Å². The average molecular weight is 262 g/mol. The molecule has 3 rings (SSSR count). The molecule has 1 aromatic carbocycles. The Kier molecular flexibility index (Phi) is 2.77. The van der Waals surface area contributed by atoms with Gasteiger partial charge in [0.15, 0.2) is 11.5 Å². The Morgan fingerprint density at radius 2 is 2.05 bits per heavy atom. The summed E-state index contributed by atoms with van der Waals surface area (Å²) in [6, 6.07) is 3.61. The Bertz CT molecular complexity index is 648. The first-order valence-corrected chi connectivity index (χ1v) is 6.19. The van der Waals surface area contributed by atoms with E-state index in [-0.39, 0.29) is 6.54 Å². The van der Waals surface area contributed by atoms with Gasteiger partial charge in [-0.05, 0) is 0 Å². The molecule has 0 spiro atoms. The number of nitrogens with zero attached hydrogens (tertiary/aromatic N) is 2. The van der Waals surface area contributed by atoms with Gasteiger partial charge >= 0.3 is 5.97 Å². The van der Waals surface area contributed by atoms with Gasteiger partial charge in [-0.3, -0.25) is 4.79 Å². The van der Waals surface area contributed by atoms with Gasteiger partial charge in [-0.1, -0.05) is 6.92 Å². The lowest BCUT2D eigenvalue weighted by Gasteiger charge is -2.18. The number of carboxylic acid groups (broad SMARTS) is 1. The Morgan fingerprint density at radius 3 is 2.68 bits per heavy atom. The lowest BCUT2D eigenvalue weighted by atomic mass is 10.2. The van der Waals surface area contributed by atoms with Crippen LogP contribution >= 0.6 is 0 Å². The summed E-state index contributed by atoms with van der Waals surface area (Å²) in [6.07, 6.45) is 0.675. The zero-order valence-electron chi connectivity index (χ0n) is 10.5. The second-order valence-corrected chi connectivity index (χ2v) is 4.35. The number of carbonyl (C=O) groups is 1. The smallest absolute Gasteiger partial charge is 0.323 e. The van der Waals surface area contributed by atoms with E-state index >= 15 is 0 Å². The summed E-state index contributed by atoms with van der Waals surface area (Å²) in [5.74, 6) is 1.18. The van der Waals surface area contributed by atoms with Crippen LogP contribution in [0, 0.1) is 0 Å². The molecule has 1 N–H and O–H groups in total. The fourth-order valence-corrected chi connectivity index (χ4v) is 2.29. The lowest BCUT2D eigenvalue weighted by Crippen LogP contribution is -2.15. The molecule has 0 saturated heterocycles. The summed E-state index contributed by atoms with van der Waals surface area (Å²) in [4.78, 5) is 15.4. The van der Waals surface area contributed by atoms with Crippen LogP contribution in [0.2, 0.25) is 0 Å². The van der Waals surface area contributed by atoms with Gasteiger partial charge in [-0.2, -0.15) is 0 Å². The van der Waals surface area contributed by atoms with Crippen molar-refractivity contribution in [2.75, 3.05) is 13.2 Å². The number of fused-ring (bicyclic) bond motifs is 2. The van der Waals surface area contributed by atoms with Gasteiger partial charge in [0.2, 0.25) is 0 Å². The third-order valence-electron chi connectivity index (χ3n) is 3.10. The van der Waals surface area contributed by atoms with Gasteiger partial charge in [-0.25, -0.2) is 4.98 Å². The number of ether oxygens (including phenoxy) is 2. The van der Waals surface area contributed by atoms with Crippen LogP contribution < -0.4 is 9.47 Å². The van der Waals surface area contributed by atoms with Crippen molar-refractivity contribution in [3.05, 3.63) is 18.0 Å². The van der Waals surface area contributed by atoms with E-state index in [4.69, 9.17) is 14.6 Å². The highest BCUT2D eigenvalue weighted by molar-refractivity contribution is 5.82. The van der Waals surface area contributed by atoms with E-state index in [1.54, 1.807) is 16.7 Å². The molecule has 0 radical (unpaired) electrons. The fourth-order valence-electron chi connectivity index (χ4n) is 2.29. The maximum Gasteiger partial charge on any atom is 0.323 e. The largest absolute Gasteiger partial charge is 0.486 e. The number of hydrogen-bond acceptors (Lipinski definition) is 4. The predicted molar refractivity (Wildman–Crippen MR) is 67.7 cm³/mol. The number of hydrogen-bond donors (Lipinski definition) is 1. The molecular formula is C13H14N2O4. The third kappa shape index (κ3) is 1.99. The summed E-state index contributed by atoms with van der Waals surface area (Å²) >= 11 is 0. The molecule has 0 saturated carbocycles. The minimum absolute atomic E-state index is 0.0979. The first-order valence-electron chi connectivity index (χ1n) is 6.19. The first-order chi connectivity index (χ1) is 9.19. The highest BCUT2D eigenvalue weighted by Gasteiger charge is 2.18. The number of aliphatic carboxylic acids is 1. The van der Waals surface area contributed by atoms with Crippen LogP contribution in [-0.2, 0) is 17.8 Å².